The Kier molecular flexibility index (Phi) is 8.03. The van der Waals surface area contributed by atoms with E-state index in [-0.39, 0.29) is 22.8 Å². The summed E-state index contributed by atoms with van der Waals surface area (Å²) in [5, 5.41) is 3.19. The molecule has 0 saturated carbocycles. The molecule has 0 atom stereocenters. The number of piperidine rings is 1. The summed E-state index contributed by atoms with van der Waals surface area (Å²) in [7, 11) is -7.39. The summed E-state index contributed by atoms with van der Waals surface area (Å²) in [5.41, 5.74) is 0.668. The van der Waals surface area contributed by atoms with Crippen molar-refractivity contribution in [1.82, 2.24) is 10.2 Å². The van der Waals surface area contributed by atoms with Crippen molar-refractivity contribution in [2.45, 2.75) is 30.6 Å². The summed E-state index contributed by atoms with van der Waals surface area (Å²) >= 11 is 0. The quantitative estimate of drug-likeness (QED) is 0.442. The molecular formula is C17H28N2O5S2. The minimum Gasteiger partial charge on any atom is -0.314 e. The normalized spacial score (nSPS) is 16.7. The van der Waals surface area contributed by atoms with E-state index in [0.717, 1.165) is 26.2 Å². The predicted molar refractivity (Wildman–Crippen MR) is 102 cm³/mol. The number of rotatable bonds is 10. The van der Waals surface area contributed by atoms with Gasteiger partial charge in [0.1, 0.15) is 0 Å². The number of nitrogens with one attached hydrogen (secondary N) is 1. The third-order valence-corrected chi connectivity index (χ3v) is 6.98. The second-order valence-electron chi connectivity index (χ2n) is 6.65. The maximum atomic E-state index is 12.3. The number of aryl methyl sites for hydroxylation is 1. The summed E-state index contributed by atoms with van der Waals surface area (Å²) in [4.78, 5) is 2.63. The van der Waals surface area contributed by atoms with Gasteiger partial charge in [-0.05, 0) is 50.0 Å². The van der Waals surface area contributed by atoms with Gasteiger partial charge in [-0.25, -0.2) is 8.42 Å². The van der Waals surface area contributed by atoms with Crippen LogP contribution in [0.2, 0.25) is 0 Å². The average molecular weight is 405 g/mol. The highest BCUT2D eigenvalue weighted by Gasteiger charge is 2.15. The molecule has 2 rings (SSSR count). The van der Waals surface area contributed by atoms with Crippen molar-refractivity contribution in [1.29, 1.82) is 0 Å². The van der Waals surface area contributed by atoms with E-state index in [4.69, 9.17) is 4.55 Å². The molecule has 0 aliphatic carbocycles. The molecule has 7 nitrogen and oxygen atoms in total. The van der Waals surface area contributed by atoms with Gasteiger partial charge in [-0.2, -0.15) is 8.42 Å². The minimum absolute atomic E-state index is 0.0252. The summed E-state index contributed by atoms with van der Waals surface area (Å²) in [6, 6.07) is 6.15. The smallest absolute Gasteiger partial charge is 0.265 e. The molecule has 26 heavy (non-hydrogen) atoms. The second kappa shape index (κ2) is 9.80. The molecular weight excluding hydrogens is 376 g/mol. The number of hydrogen-bond donors (Lipinski definition) is 2. The van der Waals surface area contributed by atoms with Crippen LogP contribution in [0.15, 0.2) is 29.2 Å². The molecule has 1 saturated heterocycles. The lowest BCUT2D eigenvalue weighted by Crippen LogP contribution is -2.36. The van der Waals surface area contributed by atoms with Crippen LogP contribution in [0, 0.1) is 0 Å². The van der Waals surface area contributed by atoms with Gasteiger partial charge in [0.2, 0.25) is 0 Å². The topological polar surface area (TPSA) is 104 Å². The van der Waals surface area contributed by atoms with E-state index in [0.29, 0.717) is 12.1 Å². The van der Waals surface area contributed by atoms with Gasteiger partial charge in [0, 0.05) is 19.6 Å². The third kappa shape index (κ3) is 7.71. The van der Waals surface area contributed by atoms with Crippen LogP contribution in [-0.2, 0) is 26.4 Å². The lowest BCUT2D eigenvalue weighted by molar-refractivity contribution is 0.229. The van der Waals surface area contributed by atoms with Crippen LogP contribution in [-0.4, -0.2) is 70.5 Å². The van der Waals surface area contributed by atoms with Crippen molar-refractivity contribution >= 4 is 20.0 Å². The second-order valence-corrected chi connectivity index (χ2v) is 10.3. The lowest BCUT2D eigenvalue weighted by Gasteiger charge is -2.26. The van der Waals surface area contributed by atoms with Crippen LogP contribution >= 0.6 is 0 Å². The molecule has 0 bridgehead atoms. The van der Waals surface area contributed by atoms with Crippen molar-refractivity contribution in [2.24, 2.45) is 0 Å². The summed E-state index contributed by atoms with van der Waals surface area (Å²) in [6.07, 6.45) is 3.94. The molecule has 1 fully saturated rings. The first-order valence-corrected chi connectivity index (χ1v) is 12.2. The minimum atomic E-state index is -4.02. The first-order chi connectivity index (χ1) is 12.3. The van der Waals surface area contributed by atoms with E-state index in [2.05, 4.69) is 10.2 Å². The van der Waals surface area contributed by atoms with Crippen LogP contribution < -0.4 is 5.32 Å². The van der Waals surface area contributed by atoms with Crippen LogP contribution in [0.25, 0.3) is 0 Å². The highest BCUT2D eigenvalue weighted by atomic mass is 32.2. The van der Waals surface area contributed by atoms with E-state index in [1.165, 1.54) is 31.4 Å². The first kappa shape index (κ1) is 21.3. The Morgan fingerprint density at radius 3 is 2.19 bits per heavy atom. The molecule has 1 aromatic rings. The monoisotopic (exact) mass is 404 g/mol. The van der Waals surface area contributed by atoms with E-state index >= 15 is 0 Å². The van der Waals surface area contributed by atoms with E-state index in [1.54, 1.807) is 12.1 Å². The van der Waals surface area contributed by atoms with Crippen molar-refractivity contribution in [3.8, 4) is 0 Å². The molecule has 148 valence electrons. The maximum Gasteiger partial charge on any atom is 0.265 e. The fourth-order valence-electron chi connectivity index (χ4n) is 2.98. The zero-order chi connectivity index (χ0) is 19.0. The average Bonchev–Trinajstić information content (AvgIpc) is 2.60. The Morgan fingerprint density at radius 1 is 0.923 bits per heavy atom. The van der Waals surface area contributed by atoms with E-state index in [9.17, 15) is 16.8 Å². The van der Waals surface area contributed by atoms with E-state index < -0.39 is 20.0 Å². The number of benzene rings is 1. The molecule has 0 amide bonds. The highest BCUT2D eigenvalue weighted by Crippen LogP contribution is 2.13. The third-order valence-electron chi connectivity index (χ3n) is 4.53. The van der Waals surface area contributed by atoms with E-state index in [1.807, 2.05) is 0 Å². The Bertz CT molecular complexity index is 755. The lowest BCUT2D eigenvalue weighted by atomic mass is 10.1. The largest absolute Gasteiger partial charge is 0.314 e. The molecule has 1 aromatic carbocycles. The van der Waals surface area contributed by atoms with Gasteiger partial charge in [-0.3, -0.25) is 4.55 Å². The van der Waals surface area contributed by atoms with Crippen LogP contribution in [0.5, 0.6) is 0 Å². The summed E-state index contributed by atoms with van der Waals surface area (Å²) in [6.45, 7) is 4.39. The zero-order valence-electron chi connectivity index (χ0n) is 14.9. The Morgan fingerprint density at radius 2 is 1.58 bits per heavy atom. The van der Waals surface area contributed by atoms with Crippen molar-refractivity contribution in [3.63, 3.8) is 0 Å². The molecule has 0 spiro atoms. The van der Waals surface area contributed by atoms with Gasteiger partial charge >= 0.3 is 0 Å². The summed E-state index contributed by atoms with van der Waals surface area (Å²) < 4.78 is 54.9. The Hall–Kier alpha value is -1.00. The van der Waals surface area contributed by atoms with Gasteiger partial charge in [0.15, 0.2) is 9.84 Å². The number of likely N-dealkylation sites (tertiary alicyclic amines) is 1. The Labute approximate surface area is 156 Å². The van der Waals surface area contributed by atoms with Gasteiger partial charge in [0.25, 0.3) is 10.1 Å². The number of sulfone groups is 1. The molecule has 1 aliphatic heterocycles. The van der Waals surface area contributed by atoms with Crippen molar-refractivity contribution in [2.75, 3.05) is 44.2 Å². The molecule has 0 radical (unpaired) electrons. The molecule has 0 aromatic heterocycles. The van der Waals surface area contributed by atoms with Crippen molar-refractivity contribution < 1.29 is 21.4 Å². The molecule has 2 N–H and O–H groups in total. The van der Waals surface area contributed by atoms with Crippen LogP contribution in [0.1, 0.15) is 24.8 Å². The summed E-state index contributed by atoms with van der Waals surface area (Å²) in [5.74, 6) is -0.350. The van der Waals surface area contributed by atoms with Crippen LogP contribution in [0.3, 0.4) is 0 Å². The molecule has 1 aliphatic rings. The molecule has 1 heterocycles. The van der Waals surface area contributed by atoms with Crippen LogP contribution in [0.4, 0.5) is 0 Å². The SMILES string of the molecule is O=S(=O)(O)CCc1ccc(S(=O)(=O)CCNCCN2CCCCC2)cc1. The van der Waals surface area contributed by atoms with Gasteiger partial charge in [-0.15, -0.1) is 0 Å². The fourth-order valence-corrected chi connectivity index (χ4v) is 4.67. The van der Waals surface area contributed by atoms with Gasteiger partial charge < -0.3 is 10.2 Å². The first-order valence-electron chi connectivity index (χ1n) is 8.96. The standard InChI is InChI=1S/C17H28N2O5S2/c20-25(21,15-10-18-9-13-19-11-2-1-3-12-19)17-6-4-16(5-7-17)8-14-26(22,23)24/h4-7,18H,1-3,8-15H2,(H,22,23,24). The number of nitrogens with zero attached hydrogens (tertiary/aromatic N) is 1. The molecule has 0 unspecified atom stereocenters. The maximum absolute atomic E-state index is 12.3. The highest BCUT2D eigenvalue weighted by molar-refractivity contribution is 7.91. The number of hydrogen-bond acceptors (Lipinski definition) is 6. The van der Waals surface area contributed by atoms with Gasteiger partial charge in [0.05, 0.1) is 16.4 Å². The predicted octanol–water partition coefficient (Wildman–Crippen LogP) is 0.966. The van der Waals surface area contributed by atoms with Gasteiger partial charge in [-0.1, -0.05) is 18.6 Å². The molecule has 9 heteroatoms. The zero-order valence-corrected chi connectivity index (χ0v) is 16.6. The van der Waals surface area contributed by atoms with Crippen molar-refractivity contribution in [3.05, 3.63) is 29.8 Å². The fraction of sp³-hybridized carbons (Fsp3) is 0.647. The Balaban J connectivity index is 1.74.